The molecule has 0 radical (unpaired) electrons. The Morgan fingerprint density at radius 3 is 2.86 bits per heavy atom. The number of carbonyl (C=O) groups is 1. The molecule has 21 heavy (non-hydrogen) atoms. The standard InChI is InChI=1S/C16H23BrN2O2/c1-18(2)10-13-5-4-8-19(13)11-15(20)12-6-7-16(21-3)14(17)9-12/h6-7,9,13H,4-5,8,10-11H2,1-3H3. The summed E-state index contributed by atoms with van der Waals surface area (Å²) in [5, 5.41) is 0. The fraction of sp³-hybridized carbons (Fsp3) is 0.562. The molecule has 116 valence electrons. The van der Waals surface area contributed by atoms with E-state index in [4.69, 9.17) is 4.74 Å². The van der Waals surface area contributed by atoms with E-state index >= 15 is 0 Å². The second-order valence-corrected chi connectivity index (χ2v) is 6.66. The smallest absolute Gasteiger partial charge is 0.176 e. The number of benzene rings is 1. The van der Waals surface area contributed by atoms with E-state index in [0.717, 1.165) is 28.9 Å². The minimum absolute atomic E-state index is 0.170. The molecule has 0 saturated carbocycles. The van der Waals surface area contributed by atoms with Crippen molar-refractivity contribution in [1.29, 1.82) is 0 Å². The number of hydrogen-bond acceptors (Lipinski definition) is 4. The molecule has 0 bridgehead atoms. The van der Waals surface area contributed by atoms with Crippen LogP contribution in [0.2, 0.25) is 0 Å². The molecule has 5 heteroatoms. The summed E-state index contributed by atoms with van der Waals surface area (Å²) >= 11 is 3.44. The van der Waals surface area contributed by atoms with Gasteiger partial charge in [0, 0.05) is 18.2 Å². The molecule has 1 aromatic rings. The largest absolute Gasteiger partial charge is 0.496 e. The quantitative estimate of drug-likeness (QED) is 0.735. The molecule has 1 heterocycles. The summed E-state index contributed by atoms with van der Waals surface area (Å²) in [4.78, 5) is 17.0. The predicted molar refractivity (Wildman–Crippen MR) is 88.2 cm³/mol. The fourth-order valence-corrected chi connectivity index (χ4v) is 3.39. The molecule has 1 aliphatic rings. The Morgan fingerprint density at radius 2 is 2.24 bits per heavy atom. The van der Waals surface area contributed by atoms with Gasteiger partial charge in [-0.15, -0.1) is 0 Å². The number of nitrogens with zero attached hydrogens (tertiary/aromatic N) is 2. The number of carbonyl (C=O) groups excluding carboxylic acids is 1. The van der Waals surface area contributed by atoms with Gasteiger partial charge >= 0.3 is 0 Å². The second-order valence-electron chi connectivity index (χ2n) is 5.80. The lowest BCUT2D eigenvalue weighted by Crippen LogP contribution is -2.40. The van der Waals surface area contributed by atoms with Crippen LogP contribution in [-0.4, -0.2) is 62.5 Å². The first-order valence-corrected chi connectivity index (χ1v) is 8.06. The van der Waals surface area contributed by atoms with Gasteiger partial charge in [0.1, 0.15) is 5.75 Å². The van der Waals surface area contributed by atoms with E-state index in [-0.39, 0.29) is 5.78 Å². The summed E-state index contributed by atoms with van der Waals surface area (Å²) in [7, 11) is 5.79. The minimum Gasteiger partial charge on any atom is -0.496 e. The van der Waals surface area contributed by atoms with Gasteiger partial charge in [-0.1, -0.05) is 0 Å². The summed E-state index contributed by atoms with van der Waals surface area (Å²) in [6.45, 7) is 2.53. The third-order valence-corrected chi connectivity index (χ3v) is 4.52. The maximum atomic E-state index is 12.5. The number of Topliss-reactive ketones (excluding diaryl/α,β-unsaturated/α-hetero) is 1. The van der Waals surface area contributed by atoms with Crippen LogP contribution in [0.15, 0.2) is 22.7 Å². The van der Waals surface area contributed by atoms with E-state index in [9.17, 15) is 4.79 Å². The summed E-state index contributed by atoms with van der Waals surface area (Å²) in [5.74, 6) is 0.919. The van der Waals surface area contributed by atoms with E-state index < -0.39 is 0 Å². The van der Waals surface area contributed by atoms with Crippen LogP contribution in [0.3, 0.4) is 0 Å². The molecule has 1 unspecified atom stereocenters. The van der Waals surface area contributed by atoms with Crippen molar-refractivity contribution in [2.45, 2.75) is 18.9 Å². The lowest BCUT2D eigenvalue weighted by atomic mass is 10.1. The van der Waals surface area contributed by atoms with Crippen molar-refractivity contribution in [1.82, 2.24) is 9.80 Å². The van der Waals surface area contributed by atoms with E-state index in [1.54, 1.807) is 7.11 Å². The zero-order valence-corrected chi connectivity index (χ0v) is 14.5. The molecule has 1 atom stereocenters. The number of ketones is 1. The molecule has 1 aromatic carbocycles. The highest BCUT2D eigenvalue weighted by Gasteiger charge is 2.26. The first kappa shape index (κ1) is 16.5. The zero-order valence-electron chi connectivity index (χ0n) is 12.9. The Bertz CT molecular complexity index is 505. The monoisotopic (exact) mass is 354 g/mol. The van der Waals surface area contributed by atoms with E-state index in [0.29, 0.717) is 12.6 Å². The van der Waals surface area contributed by atoms with Crippen molar-refractivity contribution in [3.8, 4) is 5.75 Å². The van der Waals surface area contributed by atoms with Gasteiger partial charge in [0.25, 0.3) is 0 Å². The van der Waals surface area contributed by atoms with Crippen molar-refractivity contribution in [3.05, 3.63) is 28.2 Å². The molecule has 1 fully saturated rings. The Balaban J connectivity index is 2.02. The molecule has 0 spiro atoms. The predicted octanol–water partition coefficient (Wildman–Crippen LogP) is 2.67. The molecule has 1 saturated heterocycles. The maximum absolute atomic E-state index is 12.5. The Kier molecular flexibility index (Phi) is 5.79. The molecule has 0 amide bonds. The fourth-order valence-electron chi connectivity index (χ4n) is 2.85. The molecule has 0 aromatic heterocycles. The van der Waals surface area contributed by atoms with Gasteiger partial charge in [-0.2, -0.15) is 0 Å². The Labute approximate surface area is 135 Å². The van der Waals surface area contributed by atoms with Crippen LogP contribution in [0, 0.1) is 0 Å². The van der Waals surface area contributed by atoms with Crippen molar-refractivity contribution >= 4 is 21.7 Å². The Hall–Kier alpha value is -0.910. The highest BCUT2D eigenvalue weighted by Crippen LogP contribution is 2.26. The highest BCUT2D eigenvalue weighted by atomic mass is 79.9. The Morgan fingerprint density at radius 1 is 1.48 bits per heavy atom. The van der Waals surface area contributed by atoms with Gasteiger partial charge in [-0.3, -0.25) is 9.69 Å². The van der Waals surface area contributed by atoms with Crippen molar-refractivity contribution in [2.75, 3.05) is 40.8 Å². The zero-order chi connectivity index (χ0) is 15.4. The van der Waals surface area contributed by atoms with Crippen molar-refractivity contribution in [2.24, 2.45) is 0 Å². The van der Waals surface area contributed by atoms with E-state index in [1.807, 2.05) is 18.2 Å². The molecule has 0 N–H and O–H groups in total. The molecule has 1 aliphatic heterocycles. The molecular weight excluding hydrogens is 332 g/mol. The second kappa shape index (κ2) is 7.38. The van der Waals surface area contributed by atoms with Crippen molar-refractivity contribution in [3.63, 3.8) is 0 Å². The lowest BCUT2D eigenvalue weighted by molar-refractivity contribution is 0.0910. The number of hydrogen-bond donors (Lipinski definition) is 0. The van der Waals surface area contributed by atoms with Crippen molar-refractivity contribution < 1.29 is 9.53 Å². The van der Waals surface area contributed by atoms with Crippen LogP contribution in [0.5, 0.6) is 5.75 Å². The van der Waals surface area contributed by atoms with Crippen LogP contribution in [0.1, 0.15) is 23.2 Å². The highest BCUT2D eigenvalue weighted by molar-refractivity contribution is 9.10. The third kappa shape index (κ3) is 4.28. The summed E-state index contributed by atoms with van der Waals surface area (Å²) in [6, 6.07) is 6.00. The van der Waals surface area contributed by atoms with Gasteiger partial charge in [0.2, 0.25) is 0 Å². The first-order chi connectivity index (χ1) is 10.0. The van der Waals surface area contributed by atoms with E-state index in [2.05, 4.69) is 39.8 Å². The average Bonchev–Trinajstić information content (AvgIpc) is 2.85. The van der Waals surface area contributed by atoms with Gasteiger partial charge < -0.3 is 9.64 Å². The van der Waals surface area contributed by atoms with Gasteiger partial charge in [-0.05, 0) is 67.6 Å². The van der Waals surface area contributed by atoms with Crippen LogP contribution >= 0.6 is 15.9 Å². The number of ether oxygens (including phenoxy) is 1. The number of rotatable bonds is 6. The van der Waals surface area contributed by atoms with Crippen LogP contribution < -0.4 is 4.74 Å². The topological polar surface area (TPSA) is 32.8 Å². The number of likely N-dealkylation sites (N-methyl/N-ethyl adjacent to an activating group) is 1. The van der Waals surface area contributed by atoms with Gasteiger partial charge in [-0.25, -0.2) is 0 Å². The molecule has 4 nitrogen and oxygen atoms in total. The summed E-state index contributed by atoms with van der Waals surface area (Å²) in [6.07, 6.45) is 2.36. The van der Waals surface area contributed by atoms with E-state index in [1.165, 1.54) is 12.8 Å². The van der Waals surface area contributed by atoms with Crippen LogP contribution in [-0.2, 0) is 0 Å². The minimum atomic E-state index is 0.170. The summed E-state index contributed by atoms with van der Waals surface area (Å²) < 4.78 is 6.02. The maximum Gasteiger partial charge on any atom is 0.176 e. The molecular formula is C16H23BrN2O2. The SMILES string of the molecule is COc1ccc(C(=O)CN2CCCC2CN(C)C)cc1Br. The molecule has 2 rings (SSSR count). The molecule has 0 aliphatic carbocycles. The summed E-state index contributed by atoms with van der Waals surface area (Å²) in [5.41, 5.74) is 0.734. The third-order valence-electron chi connectivity index (χ3n) is 3.90. The average molecular weight is 355 g/mol. The van der Waals surface area contributed by atoms with Crippen LogP contribution in [0.25, 0.3) is 0 Å². The number of halogens is 1. The first-order valence-electron chi connectivity index (χ1n) is 7.26. The lowest BCUT2D eigenvalue weighted by Gasteiger charge is -2.26. The number of methoxy groups -OCH3 is 1. The van der Waals surface area contributed by atoms with Gasteiger partial charge in [0.15, 0.2) is 5.78 Å². The normalized spacial score (nSPS) is 19.2. The van der Waals surface area contributed by atoms with Crippen LogP contribution in [0.4, 0.5) is 0 Å². The number of likely N-dealkylation sites (tertiary alicyclic amines) is 1. The van der Waals surface area contributed by atoms with Gasteiger partial charge in [0.05, 0.1) is 18.1 Å².